The van der Waals surface area contributed by atoms with Crippen LogP contribution >= 0.6 is 0 Å². The maximum Gasteiger partial charge on any atom is 2.00 e. The summed E-state index contributed by atoms with van der Waals surface area (Å²) in [7, 11) is 0. The van der Waals surface area contributed by atoms with Crippen molar-refractivity contribution in [2.24, 2.45) is 0 Å². The van der Waals surface area contributed by atoms with Crippen molar-refractivity contribution in [1.82, 2.24) is 0 Å². The molecule has 0 aromatic rings. The standard InChI is InChI=1S/2C2H5.Ta/c2*1-2;/h2*1H2,2H3;/q2*-1;+2. The maximum atomic E-state index is 3.25. The van der Waals surface area contributed by atoms with Crippen molar-refractivity contribution in [2.75, 3.05) is 0 Å². The van der Waals surface area contributed by atoms with Crippen molar-refractivity contribution >= 4 is 0 Å². The van der Waals surface area contributed by atoms with Crippen molar-refractivity contribution < 1.29 is 22.4 Å². The molecule has 0 amide bonds. The molecule has 0 unspecified atom stereocenters. The fourth-order valence-electron chi connectivity index (χ4n) is 0. The van der Waals surface area contributed by atoms with Gasteiger partial charge in [-0.3, -0.25) is 0 Å². The zero-order valence-corrected chi connectivity index (χ0v) is 7.07. The molecule has 0 N–H and O–H groups in total. The molecule has 31 valence electrons. The van der Waals surface area contributed by atoms with Gasteiger partial charge in [-0.2, -0.15) is 13.8 Å². The average Bonchev–Trinajstić information content (AvgIpc) is 1.50. The van der Waals surface area contributed by atoms with E-state index in [0.29, 0.717) is 0 Å². The van der Waals surface area contributed by atoms with Crippen molar-refractivity contribution in [3.05, 3.63) is 13.8 Å². The molecular formula is C4H10Ta. The largest absolute Gasteiger partial charge is 2.00 e. The summed E-state index contributed by atoms with van der Waals surface area (Å²) in [6, 6.07) is 0. The van der Waals surface area contributed by atoms with Gasteiger partial charge in [0.1, 0.15) is 0 Å². The van der Waals surface area contributed by atoms with Crippen LogP contribution < -0.4 is 0 Å². The third kappa shape index (κ3) is 65.0. The van der Waals surface area contributed by atoms with E-state index < -0.39 is 0 Å². The molecule has 0 saturated heterocycles. The van der Waals surface area contributed by atoms with Crippen molar-refractivity contribution in [2.45, 2.75) is 13.8 Å². The number of hydrogen-bond donors (Lipinski definition) is 0. The quantitative estimate of drug-likeness (QED) is 0.564. The Bertz CT molecular complexity index is 3.61. The smallest absolute Gasteiger partial charge is 0.346 e. The molecule has 0 saturated carbocycles. The molecule has 0 atom stereocenters. The Labute approximate surface area is 50.5 Å². The minimum absolute atomic E-state index is 0. The van der Waals surface area contributed by atoms with Crippen LogP contribution in [0, 0.1) is 13.8 Å². The Morgan fingerprint density at radius 1 is 0.800 bits per heavy atom. The second kappa shape index (κ2) is 121. The van der Waals surface area contributed by atoms with Gasteiger partial charge in [0.15, 0.2) is 0 Å². The zero-order valence-electron chi connectivity index (χ0n) is 3.86. The molecule has 0 heterocycles. The van der Waals surface area contributed by atoms with Crippen molar-refractivity contribution in [1.29, 1.82) is 0 Å². The van der Waals surface area contributed by atoms with Gasteiger partial charge in [0.2, 0.25) is 0 Å². The second-order valence-corrected chi connectivity index (χ2v) is 0. The predicted molar refractivity (Wildman–Crippen MR) is 22.1 cm³/mol. The molecule has 0 aliphatic heterocycles. The molecular weight excluding hydrogens is 229 g/mol. The third-order valence-corrected chi connectivity index (χ3v) is 0. The third-order valence-electron chi connectivity index (χ3n) is 0. The molecule has 0 aromatic carbocycles. The van der Waals surface area contributed by atoms with E-state index in [-0.39, 0.29) is 22.4 Å². The average molecular weight is 239 g/mol. The molecule has 1 radical (unpaired) electrons. The van der Waals surface area contributed by atoms with Crippen LogP contribution in [-0.4, -0.2) is 0 Å². The van der Waals surface area contributed by atoms with Crippen LogP contribution in [-0.2, 0) is 22.4 Å². The molecule has 1 heteroatoms. The molecule has 0 bridgehead atoms. The van der Waals surface area contributed by atoms with Crippen LogP contribution in [0.4, 0.5) is 0 Å². The van der Waals surface area contributed by atoms with E-state index in [9.17, 15) is 0 Å². The molecule has 5 heavy (non-hydrogen) atoms. The first kappa shape index (κ1) is 17.2. The van der Waals surface area contributed by atoms with E-state index in [1.165, 1.54) is 0 Å². The predicted octanol–water partition coefficient (Wildman–Crippen LogP) is 1.68. The first-order chi connectivity index (χ1) is 2.00. The molecule has 0 nitrogen and oxygen atoms in total. The summed E-state index contributed by atoms with van der Waals surface area (Å²) < 4.78 is 0. The van der Waals surface area contributed by atoms with Gasteiger partial charge in [0, 0.05) is 0 Å². The van der Waals surface area contributed by atoms with Gasteiger partial charge in [-0.15, -0.1) is 0 Å². The molecule has 0 fully saturated rings. The van der Waals surface area contributed by atoms with Crippen LogP contribution in [0.1, 0.15) is 13.8 Å². The Morgan fingerprint density at radius 3 is 0.800 bits per heavy atom. The topological polar surface area (TPSA) is 0 Å². The van der Waals surface area contributed by atoms with E-state index in [1.54, 1.807) is 13.8 Å². The minimum atomic E-state index is 0. The minimum Gasteiger partial charge on any atom is -0.346 e. The number of rotatable bonds is 0. The Balaban J connectivity index is -0.0000000133. The second-order valence-electron chi connectivity index (χ2n) is 0. The van der Waals surface area contributed by atoms with Gasteiger partial charge in [-0.05, 0) is 0 Å². The van der Waals surface area contributed by atoms with Gasteiger partial charge in [-0.1, -0.05) is 0 Å². The molecule has 0 spiro atoms. The van der Waals surface area contributed by atoms with E-state index in [4.69, 9.17) is 0 Å². The SMILES string of the molecule is [CH2-]C.[CH2-]C.[Ta+2]. The molecule has 0 rings (SSSR count). The summed E-state index contributed by atoms with van der Waals surface area (Å²) in [6.45, 7) is 10.0. The van der Waals surface area contributed by atoms with Crippen LogP contribution in [0.3, 0.4) is 0 Å². The summed E-state index contributed by atoms with van der Waals surface area (Å²) in [6.07, 6.45) is 0. The first-order valence-corrected chi connectivity index (χ1v) is 1.41. The fourth-order valence-corrected chi connectivity index (χ4v) is 0. The van der Waals surface area contributed by atoms with Gasteiger partial charge in [0.05, 0.1) is 0 Å². The Morgan fingerprint density at radius 2 is 0.800 bits per heavy atom. The van der Waals surface area contributed by atoms with Gasteiger partial charge in [-0.25, -0.2) is 0 Å². The fraction of sp³-hybridized carbons (Fsp3) is 0.500. The summed E-state index contributed by atoms with van der Waals surface area (Å²) in [5.74, 6) is 0. The van der Waals surface area contributed by atoms with E-state index in [1.807, 2.05) is 0 Å². The first-order valence-electron chi connectivity index (χ1n) is 1.41. The normalized spacial score (nSPS) is 2.40. The van der Waals surface area contributed by atoms with Crippen molar-refractivity contribution in [3.63, 3.8) is 0 Å². The van der Waals surface area contributed by atoms with Gasteiger partial charge >= 0.3 is 22.4 Å². The van der Waals surface area contributed by atoms with Crippen LogP contribution in [0.25, 0.3) is 0 Å². The zero-order chi connectivity index (χ0) is 4.00. The Hall–Kier alpha value is 0.740. The number of hydrogen-bond acceptors (Lipinski definition) is 0. The summed E-state index contributed by atoms with van der Waals surface area (Å²) in [5, 5.41) is 0. The molecule has 0 aromatic heterocycles. The van der Waals surface area contributed by atoms with Crippen molar-refractivity contribution in [3.8, 4) is 0 Å². The summed E-state index contributed by atoms with van der Waals surface area (Å²) in [4.78, 5) is 0. The Kier molecular flexibility index (Phi) is 416. The van der Waals surface area contributed by atoms with Crippen LogP contribution in [0.5, 0.6) is 0 Å². The van der Waals surface area contributed by atoms with E-state index >= 15 is 0 Å². The van der Waals surface area contributed by atoms with E-state index in [2.05, 4.69) is 13.8 Å². The van der Waals surface area contributed by atoms with Gasteiger partial charge < -0.3 is 13.8 Å². The maximum absolute atomic E-state index is 3.25. The summed E-state index contributed by atoms with van der Waals surface area (Å²) in [5.41, 5.74) is 0. The molecule has 0 aliphatic carbocycles. The van der Waals surface area contributed by atoms with Crippen LogP contribution in [0.15, 0.2) is 0 Å². The summed E-state index contributed by atoms with van der Waals surface area (Å²) >= 11 is 0. The van der Waals surface area contributed by atoms with E-state index in [0.717, 1.165) is 0 Å². The van der Waals surface area contributed by atoms with Gasteiger partial charge in [0.25, 0.3) is 0 Å². The monoisotopic (exact) mass is 239 g/mol. The van der Waals surface area contributed by atoms with Crippen LogP contribution in [0.2, 0.25) is 0 Å². The molecule has 0 aliphatic rings.